The van der Waals surface area contributed by atoms with Gasteiger partial charge < -0.3 is 4.57 Å². The van der Waals surface area contributed by atoms with Crippen molar-refractivity contribution in [2.45, 2.75) is 38.4 Å². The Morgan fingerprint density at radius 1 is 1.03 bits per heavy atom. The topological polar surface area (TPSA) is 66.0 Å². The predicted molar refractivity (Wildman–Crippen MR) is 125 cm³/mol. The van der Waals surface area contributed by atoms with Gasteiger partial charge in [0.1, 0.15) is 15.7 Å². The van der Waals surface area contributed by atoms with Crippen LogP contribution in [0.3, 0.4) is 0 Å². The number of halogens is 2. The zero-order valence-electron chi connectivity index (χ0n) is 17.6. The van der Waals surface area contributed by atoms with E-state index in [1.165, 1.54) is 18.4 Å². The molecule has 0 aliphatic heterocycles. The van der Waals surface area contributed by atoms with Gasteiger partial charge in [-0.2, -0.15) is 0 Å². The van der Waals surface area contributed by atoms with Crippen molar-refractivity contribution in [2.75, 3.05) is 12.0 Å². The Labute approximate surface area is 189 Å². The molecule has 32 heavy (non-hydrogen) atoms. The van der Waals surface area contributed by atoms with Crippen LogP contribution in [0.5, 0.6) is 0 Å². The lowest BCUT2D eigenvalue weighted by atomic mass is 10.2. The number of rotatable bonds is 7. The summed E-state index contributed by atoms with van der Waals surface area (Å²) in [5, 5.41) is 1.51. The highest BCUT2D eigenvalue weighted by Crippen LogP contribution is 2.36. The second-order valence-corrected chi connectivity index (χ2v) is 11.3. The summed E-state index contributed by atoms with van der Waals surface area (Å²) in [5.41, 5.74) is 2.91. The van der Waals surface area contributed by atoms with E-state index in [1.807, 2.05) is 22.8 Å². The molecular weight excluding hydrogens is 453 g/mol. The molecule has 5 rings (SSSR count). The number of hydrogen-bond acceptors (Lipinski definition) is 3. The molecule has 0 saturated heterocycles. The van der Waals surface area contributed by atoms with Crippen molar-refractivity contribution in [1.82, 2.24) is 13.7 Å². The summed E-state index contributed by atoms with van der Waals surface area (Å²) in [5.74, 6) is -0.314. The minimum absolute atomic E-state index is 0.0752. The summed E-state index contributed by atoms with van der Waals surface area (Å²) in [6, 6.07) is 12.1. The van der Waals surface area contributed by atoms with Gasteiger partial charge >= 0.3 is 5.69 Å². The van der Waals surface area contributed by atoms with Crippen LogP contribution in [0.4, 0.5) is 4.39 Å². The van der Waals surface area contributed by atoms with Crippen LogP contribution in [0, 0.1) is 5.82 Å². The Kier molecular flexibility index (Phi) is 5.17. The van der Waals surface area contributed by atoms with Crippen LogP contribution in [-0.4, -0.2) is 34.1 Å². The molecule has 0 N–H and O–H groups in total. The number of sulfone groups is 1. The molecule has 0 atom stereocenters. The summed E-state index contributed by atoms with van der Waals surface area (Å²) in [7, 11) is -3.08. The van der Waals surface area contributed by atoms with Gasteiger partial charge in [0.05, 0.1) is 23.3 Å². The van der Waals surface area contributed by atoms with E-state index < -0.39 is 9.84 Å². The summed E-state index contributed by atoms with van der Waals surface area (Å²) >= 11 is 6.18. The maximum Gasteiger partial charge on any atom is 0.329 e. The van der Waals surface area contributed by atoms with Crippen molar-refractivity contribution >= 4 is 43.4 Å². The SMILES string of the molecule is CS(=O)(=O)CCCn1c(Cn2c(=O)n(C3CC3)c3ccc(F)cc32)cc2cc(Cl)ccc21. The predicted octanol–water partition coefficient (Wildman–Crippen LogP) is 4.37. The summed E-state index contributed by atoms with van der Waals surface area (Å²) in [4.78, 5) is 13.3. The molecular formula is C23H23ClFN3O3S. The standard InChI is InChI=1S/C23H23ClFN3O3S/c1-32(30,31)10-2-9-26-19(12-15-11-16(24)3-7-20(15)26)14-27-22-13-17(25)4-8-21(22)28(23(27)29)18-5-6-18/h3-4,7-8,11-13,18H,2,5-6,9-10,14H2,1H3. The zero-order valence-corrected chi connectivity index (χ0v) is 19.2. The number of hydrogen-bond donors (Lipinski definition) is 0. The van der Waals surface area contributed by atoms with Crippen molar-refractivity contribution in [2.24, 2.45) is 0 Å². The maximum atomic E-state index is 14.1. The molecule has 0 radical (unpaired) electrons. The van der Waals surface area contributed by atoms with Crippen molar-refractivity contribution in [1.29, 1.82) is 0 Å². The lowest BCUT2D eigenvalue weighted by Gasteiger charge is -2.12. The van der Waals surface area contributed by atoms with Crippen LogP contribution in [0.2, 0.25) is 5.02 Å². The van der Waals surface area contributed by atoms with Crippen LogP contribution in [0.15, 0.2) is 47.3 Å². The Morgan fingerprint density at radius 3 is 2.50 bits per heavy atom. The first-order valence-corrected chi connectivity index (χ1v) is 13.0. The monoisotopic (exact) mass is 475 g/mol. The second-order valence-electron chi connectivity index (χ2n) is 8.58. The van der Waals surface area contributed by atoms with E-state index in [4.69, 9.17) is 11.6 Å². The number of imidazole rings is 1. The number of aromatic nitrogens is 3. The third-order valence-corrected chi connectivity index (χ3v) is 7.27. The molecule has 0 unspecified atom stereocenters. The van der Waals surface area contributed by atoms with Gasteiger partial charge in [0.2, 0.25) is 0 Å². The third kappa shape index (κ3) is 3.97. The van der Waals surface area contributed by atoms with E-state index in [1.54, 1.807) is 21.3 Å². The van der Waals surface area contributed by atoms with Crippen molar-refractivity contribution in [3.63, 3.8) is 0 Å². The Morgan fingerprint density at radius 2 is 1.78 bits per heavy atom. The summed E-state index contributed by atoms with van der Waals surface area (Å²) in [6.07, 6.45) is 3.56. The van der Waals surface area contributed by atoms with Gasteiger partial charge in [-0.25, -0.2) is 17.6 Å². The molecule has 1 fully saturated rings. The third-order valence-electron chi connectivity index (χ3n) is 6.00. The van der Waals surface area contributed by atoms with Crippen LogP contribution < -0.4 is 5.69 Å². The average molecular weight is 476 g/mol. The van der Waals surface area contributed by atoms with Crippen molar-refractivity contribution in [3.05, 3.63) is 69.5 Å². The summed E-state index contributed by atoms with van der Waals surface area (Å²) < 4.78 is 42.7. The molecule has 6 nitrogen and oxygen atoms in total. The highest BCUT2D eigenvalue weighted by atomic mass is 35.5. The average Bonchev–Trinajstić information content (AvgIpc) is 3.44. The fourth-order valence-corrected chi connectivity index (χ4v) is 5.27. The zero-order chi connectivity index (χ0) is 22.6. The molecule has 4 aromatic rings. The molecule has 1 aliphatic rings. The van der Waals surface area contributed by atoms with Gasteiger partial charge in [0, 0.05) is 40.5 Å². The molecule has 1 aliphatic carbocycles. The van der Waals surface area contributed by atoms with E-state index in [0.29, 0.717) is 23.5 Å². The number of nitrogens with zero attached hydrogens (tertiary/aromatic N) is 3. The second kappa shape index (κ2) is 7.78. The highest BCUT2D eigenvalue weighted by molar-refractivity contribution is 7.90. The van der Waals surface area contributed by atoms with Crippen LogP contribution in [-0.2, 0) is 22.9 Å². The van der Waals surface area contributed by atoms with Gasteiger partial charge in [0.25, 0.3) is 0 Å². The molecule has 2 aromatic heterocycles. The number of fused-ring (bicyclic) bond motifs is 2. The minimum atomic E-state index is -3.08. The molecule has 0 spiro atoms. The smallest absolute Gasteiger partial charge is 0.329 e. The highest BCUT2D eigenvalue weighted by Gasteiger charge is 2.29. The number of aryl methyl sites for hydroxylation is 1. The van der Waals surface area contributed by atoms with Gasteiger partial charge in [0.15, 0.2) is 0 Å². The van der Waals surface area contributed by atoms with Gasteiger partial charge in [-0.05, 0) is 61.7 Å². The normalized spacial score (nSPS) is 14.6. The summed E-state index contributed by atoms with van der Waals surface area (Å²) in [6.45, 7) is 0.738. The molecule has 0 amide bonds. The fourth-order valence-electron chi connectivity index (χ4n) is 4.43. The Hall–Kier alpha value is -2.58. The van der Waals surface area contributed by atoms with E-state index in [9.17, 15) is 17.6 Å². The number of benzene rings is 2. The lowest BCUT2D eigenvalue weighted by Crippen LogP contribution is -2.25. The maximum absolute atomic E-state index is 14.1. The van der Waals surface area contributed by atoms with E-state index in [0.717, 1.165) is 35.0 Å². The molecule has 2 heterocycles. The van der Waals surface area contributed by atoms with Crippen molar-refractivity contribution in [3.8, 4) is 0 Å². The van der Waals surface area contributed by atoms with Crippen LogP contribution in [0.1, 0.15) is 31.0 Å². The molecule has 9 heteroatoms. The quantitative estimate of drug-likeness (QED) is 0.398. The van der Waals surface area contributed by atoms with E-state index in [-0.39, 0.29) is 29.8 Å². The first-order valence-electron chi connectivity index (χ1n) is 10.6. The van der Waals surface area contributed by atoms with Crippen LogP contribution >= 0.6 is 11.6 Å². The fraction of sp³-hybridized carbons (Fsp3) is 0.348. The largest absolute Gasteiger partial charge is 0.343 e. The first-order chi connectivity index (χ1) is 15.2. The lowest BCUT2D eigenvalue weighted by molar-refractivity contribution is 0.587. The molecule has 2 aromatic carbocycles. The molecule has 1 saturated carbocycles. The van der Waals surface area contributed by atoms with E-state index >= 15 is 0 Å². The molecule has 0 bridgehead atoms. The van der Waals surface area contributed by atoms with Crippen molar-refractivity contribution < 1.29 is 12.8 Å². The molecule has 168 valence electrons. The van der Waals surface area contributed by atoms with Gasteiger partial charge in [-0.3, -0.25) is 9.13 Å². The van der Waals surface area contributed by atoms with Gasteiger partial charge in [-0.15, -0.1) is 0 Å². The van der Waals surface area contributed by atoms with E-state index in [2.05, 4.69) is 0 Å². The first kappa shape index (κ1) is 21.3. The Bertz CT molecular complexity index is 1510. The van der Waals surface area contributed by atoms with Crippen LogP contribution in [0.25, 0.3) is 21.9 Å². The van der Waals surface area contributed by atoms with Gasteiger partial charge in [-0.1, -0.05) is 11.6 Å². The minimum Gasteiger partial charge on any atom is -0.343 e. The Balaban J connectivity index is 1.62.